The average molecular weight is 312 g/mol. The van der Waals surface area contributed by atoms with Crippen LogP contribution in [0.5, 0.6) is 0 Å². The first kappa shape index (κ1) is 14.0. The molecule has 1 aliphatic carbocycles. The highest BCUT2D eigenvalue weighted by Crippen LogP contribution is 2.30. The second kappa shape index (κ2) is 6.69. The third-order valence-electron chi connectivity index (χ3n) is 4.02. The summed E-state index contributed by atoms with van der Waals surface area (Å²) < 4.78 is 1.18. The first-order valence-electron chi connectivity index (χ1n) is 6.77. The number of aryl methyl sites for hydroxylation is 1. The van der Waals surface area contributed by atoms with Crippen LogP contribution >= 0.6 is 15.9 Å². The Kier molecular flexibility index (Phi) is 5.22. The molecular weight excluding hydrogens is 290 g/mol. The summed E-state index contributed by atoms with van der Waals surface area (Å²) in [5, 5.41) is 12.8. The SMILES string of the molecule is Cc1ccc(CNCC2CCCC2CO)cc1Br. The molecule has 0 heterocycles. The minimum absolute atomic E-state index is 0.350. The van der Waals surface area contributed by atoms with Gasteiger partial charge in [0.1, 0.15) is 0 Å². The fourth-order valence-corrected chi connectivity index (χ4v) is 3.20. The van der Waals surface area contributed by atoms with Gasteiger partial charge < -0.3 is 10.4 Å². The molecule has 0 saturated heterocycles. The molecular formula is C15H22BrNO. The third-order valence-corrected chi connectivity index (χ3v) is 4.88. The second-order valence-electron chi connectivity index (χ2n) is 5.35. The number of hydrogen-bond acceptors (Lipinski definition) is 2. The smallest absolute Gasteiger partial charge is 0.0462 e. The summed E-state index contributed by atoms with van der Waals surface area (Å²) in [7, 11) is 0. The number of rotatable bonds is 5. The summed E-state index contributed by atoms with van der Waals surface area (Å²) in [6, 6.07) is 6.50. The van der Waals surface area contributed by atoms with Gasteiger partial charge in [0.15, 0.2) is 0 Å². The molecule has 100 valence electrons. The van der Waals surface area contributed by atoms with E-state index in [0.717, 1.165) is 13.1 Å². The van der Waals surface area contributed by atoms with Gasteiger partial charge in [0.25, 0.3) is 0 Å². The van der Waals surface area contributed by atoms with Gasteiger partial charge in [-0.3, -0.25) is 0 Å². The van der Waals surface area contributed by atoms with E-state index in [1.54, 1.807) is 0 Å². The predicted molar refractivity (Wildman–Crippen MR) is 78.5 cm³/mol. The molecule has 2 N–H and O–H groups in total. The van der Waals surface area contributed by atoms with Gasteiger partial charge in [-0.1, -0.05) is 34.5 Å². The maximum absolute atomic E-state index is 9.29. The van der Waals surface area contributed by atoms with Crippen LogP contribution in [-0.4, -0.2) is 18.3 Å². The summed E-state index contributed by atoms with van der Waals surface area (Å²) in [4.78, 5) is 0. The van der Waals surface area contributed by atoms with Crippen LogP contribution in [0.3, 0.4) is 0 Å². The minimum atomic E-state index is 0.350. The quantitative estimate of drug-likeness (QED) is 0.875. The Morgan fingerprint density at radius 2 is 2.11 bits per heavy atom. The predicted octanol–water partition coefficient (Wildman–Crippen LogP) is 3.26. The summed E-state index contributed by atoms with van der Waals surface area (Å²) in [5.41, 5.74) is 2.58. The molecule has 0 amide bonds. The van der Waals surface area contributed by atoms with Crippen LogP contribution in [0.15, 0.2) is 22.7 Å². The van der Waals surface area contributed by atoms with Gasteiger partial charge in [-0.2, -0.15) is 0 Å². The monoisotopic (exact) mass is 311 g/mol. The lowest BCUT2D eigenvalue weighted by atomic mass is 9.97. The Morgan fingerprint density at radius 3 is 2.83 bits per heavy atom. The van der Waals surface area contributed by atoms with Gasteiger partial charge in [-0.25, -0.2) is 0 Å². The van der Waals surface area contributed by atoms with Crippen molar-refractivity contribution in [3.8, 4) is 0 Å². The Morgan fingerprint density at radius 1 is 1.33 bits per heavy atom. The zero-order valence-electron chi connectivity index (χ0n) is 11.0. The molecule has 0 spiro atoms. The molecule has 2 rings (SSSR count). The summed E-state index contributed by atoms with van der Waals surface area (Å²) in [5.74, 6) is 1.17. The van der Waals surface area contributed by atoms with Gasteiger partial charge in [-0.05, 0) is 55.3 Å². The maximum atomic E-state index is 9.29. The molecule has 0 aliphatic heterocycles. The molecule has 0 radical (unpaired) electrons. The van der Waals surface area contributed by atoms with Gasteiger partial charge in [0, 0.05) is 17.6 Å². The van der Waals surface area contributed by atoms with Crippen molar-refractivity contribution in [3.05, 3.63) is 33.8 Å². The molecule has 18 heavy (non-hydrogen) atoms. The fourth-order valence-electron chi connectivity index (χ4n) is 2.77. The van der Waals surface area contributed by atoms with Crippen molar-refractivity contribution in [1.82, 2.24) is 5.32 Å². The van der Waals surface area contributed by atoms with E-state index in [0.29, 0.717) is 18.4 Å². The minimum Gasteiger partial charge on any atom is -0.396 e. The van der Waals surface area contributed by atoms with Crippen molar-refractivity contribution in [2.75, 3.05) is 13.2 Å². The van der Waals surface area contributed by atoms with Crippen LogP contribution in [-0.2, 0) is 6.54 Å². The number of aliphatic hydroxyl groups is 1. The number of hydrogen-bond donors (Lipinski definition) is 2. The maximum Gasteiger partial charge on any atom is 0.0462 e. The number of halogens is 1. The van der Waals surface area contributed by atoms with Crippen molar-refractivity contribution in [2.45, 2.75) is 32.7 Å². The van der Waals surface area contributed by atoms with Gasteiger partial charge in [-0.15, -0.1) is 0 Å². The molecule has 2 atom stereocenters. The standard InChI is InChI=1S/C15H22BrNO/c1-11-5-6-12(7-15(11)16)8-17-9-13-3-2-4-14(13)10-18/h5-7,13-14,17-18H,2-4,8-10H2,1H3. The Balaban J connectivity index is 1.79. The van der Waals surface area contributed by atoms with E-state index in [1.807, 2.05) is 0 Å². The topological polar surface area (TPSA) is 32.3 Å². The van der Waals surface area contributed by atoms with Crippen molar-refractivity contribution >= 4 is 15.9 Å². The molecule has 1 aliphatic rings. The van der Waals surface area contributed by atoms with E-state index in [4.69, 9.17) is 0 Å². The highest BCUT2D eigenvalue weighted by atomic mass is 79.9. The molecule has 0 bridgehead atoms. The first-order valence-corrected chi connectivity index (χ1v) is 7.56. The van der Waals surface area contributed by atoms with Crippen LogP contribution in [0, 0.1) is 18.8 Å². The van der Waals surface area contributed by atoms with Crippen molar-refractivity contribution in [2.24, 2.45) is 11.8 Å². The lowest BCUT2D eigenvalue weighted by Crippen LogP contribution is -2.26. The normalized spacial score (nSPS) is 23.5. The van der Waals surface area contributed by atoms with Gasteiger partial charge >= 0.3 is 0 Å². The third kappa shape index (κ3) is 3.56. The van der Waals surface area contributed by atoms with Gasteiger partial charge in [0.2, 0.25) is 0 Å². The molecule has 2 nitrogen and oxygen atoms in total. The zero-order valence-corrected chi connectivity index (χ0v) is 12.5. The molecule has 2 unspecified atom stereocenters. The summed E-state index contributed by atoms with van der Waals surface area (Å²) in [6.45, 7) is 4.39. The van der Waals surface area contributed by atoms with Crippen LogP contribution in [0.2, 0.25) is 0 Å². The van der Waals surface area contributed by atoms with E-state index >= 15 is 0 Å². The lowest BCUT2D eigenvalue weighted by Gasteiger charge is -2.18. The Hall–Kier alpha value is -0.380. The van der Waals surface area contributed by atoms with Crippen LogP contribution < -0.4 is 5.32 Å². The van der Waals surface area contributed by atoms with Gasteiger partial charge in [0.05, 0.1) is 0 Å². The molecule has 1 aromatic carbocycles. The summed E-state index contributed by atoms with van der Waals surface area (Å²) >= 11 is 3.56. The van der Waals surface area contributed by atoms with E-state index in [2.05, 4.69) is 46.4 Å². The van der Waals surface area contributed by atoms with Crippen LogP contribution in [0.4, 0.5) is 0 Å². The van der Waals surface area contributed by atoms with E-state index in [9.17, 15) is 5.11 Å². The van der Waals surface area contributed by atoms with Crippen molar-refractivity contribution in [3.63, 3.8) is 0 Å². The highest BCUT2D eigenvalue weighted by Gasteiger charge is 2.25. The van der Waals surface area contributed by atoms with E-state index < -0.39 is 0 Å². The zero-order chi connectivity index (χ0) is 13.0. The number of aliphatic hydroxyl groups excluding tert-OH is 1. The van der Waals surface area contributed by atoms with E-state index in [-0.39, 0.29) is 0 Å². The fraction of sp³-hybridized carbons (Fsp3) is 0.600. The van der Waals surface area contributed by atoms with Crippen molar-refractivity contribution in [1.29, 1.82) is 0 Å². The van der Waals surface area contributed by atoms with Crippen LogP contribution in [0.1, 0.15) is 30.4 Å². The molecule has 1 fully saturated rings. The molecule has 3 heteroatoms. The average Bonchev–Trinajstić information content (AvgIpc) is 2.81. The molecule has 1 saturated carbocycles. The number of nitrogens with one attached hydrogen (secondary N) is 1. The Labute approximate surface area is 118 Å². The number of benzene rings is 1. The molecule has 0 aromatic heterocycles. The van der Waals surface area contributed by atoms with Crippen molar-refractivity contribution < 1.29 is 5.11 Å². The molecule has 1 aromatic rings. The first-order chi connectivity index (χ1) is 8.70. The summed E-state index contributed by atoms with van der Waals surface area (Å²) in [6.07, 6.45) is 3.72. The second-order valence-corrected chi connectivity index (χ2v) is 6.20. The van der Waals surface area contributed by atoms with Crippen LogP contribution in [0.25, 0.3) is 0 Å². The lowest BCUT2D eigenvalue weighted by molar-refractivity contribution is 0.192. The largest absolute Gasteiger partial charge is 0.396 e. The van der Waals surface area contributed by atoms with E-state index in [1.165, 1.54) is 34.9 Å². The highest BCUT2D eigenvalue weighted by molar-refractivity contribution is 9.10. The Bertz CT molecular complexity index is 394.